The van der Waals surface area contributed by atoms with Gasteiger partial charge in [-0.15, -0.1) is 11.8 Å². The summed E-state index contributed by atoms with van der Waals surface area (Å²) >= 11 is 0. The third-order valence-electron chi connectivity index (χ3n) is 20.8. The van der Waals surface area contributed by atoms with E-state index < -0.39 is 65.6 Å². The van der Waals surface area contributed by atoms with Gasteiger partial charge in [0, 0.05) is 106 Å². The zero-order valence-electron chi connectivity index (χ0n) is 51.1. The van der Waals surface area contributed by atoms with Crippen molar-refractivity contribution in [3.63, 3.8) is 0 Å². The molecule has 0 radical (unpaired) electrons. The van der Waals surface area contributed by atoms with E-state index in [0.29, 0.717) is 87.0 Å². The van der Waals surface area contributed by atoms with Crippen LogP contribution in [0.2, 0.25) is 0 Å². The van der Waals surface area contributed by atoms with Crippen LogP contribution in [0.4, 0.5) is 0 Å². The Morgan fingerprint density at radius 2 is 1.85 bits per heavy atom. The maximum atomic E-state index is 13.5. The fourth-order valence-corrected chi connectivity index (χ4v) is 16.5. The number of allylic oxidation sites excluding steroid dienone is 2. The summed E-state index contributed by atoms with van der Waals surface area (Å²) in [6.07, 6.45) is 21.6. The van der Waals surface area contributed by atoms with E-state index in [4.69, 9.17) is 29.7 Å². The number of carbonyl (C=O) groups is 1. The molecule has 0 amide bonds. The van der Waals surface area contributed by atoms with Crippen LogP contribution in [-0.4, -0.2) is 116 Å². The van der Waals surface area contributed by atoms with Gasteiger partial charge in [-0.05, 0) is 147 Å². The van der Waals surface area contributed by atoms with Crippen LogP contribution in [0.1, 0.15) is 132 Å². The molecule has 470 valence electrons. The first-order valence-electron chi connectivity index (χ1n) is 32.3. The van der Waals surface area contributed by atoms with Crippen LogP contribution in [0, 0.1) is 58.2 Å². The Balaban J connectivity index is 0.950. The highest BCUT2D eigenvalue weighted by Crippen LogP contribution is 2.53. The van der Waals surface area contributed by atoms with E-state index in [-0.39, 0.29) is 53.4 Å². The highest BCUT2D eigenvalue weighted by Gasteiger charge is 2.60. The molecule has 4 bridgehead atoms. The molecule has 19 nitrogen and oxygen atoms in total. The number of nitrogens with two attached hydrogens (primary N) is 1. The first-order chi connectivity index (χ1) is 43.3. The minimum Gasteiger partial charge on any atom is -0.504 e. The third kappa shape index (κ3) is 12.5. The standard InChI is InChI=1S/C70H86N10O9/c1-43(81)87-51-34-58(49-32-56(83)64(84)60(33-49)86-29-21-44-10-9-26-73-38-44)89-61(35-51)68-22-5-12-47-11-3-4-15-53(47)77-66(85)63-65(80-40-48-20-28-74-54(48)41-80)78-67(76-42-69(24-6-13-50(69)39-72-2)37-46-19-27-75-62(71)31-46)79-70(63)25-8-16-57(52(70)14-7-23-68)88-59-30-45(36-68)17-18-55(59)82/h9-10,17-20,26,28,30-33,38,40-41,47,50-53,57-58,61,63,65-66,72,74-75,77,82-85H,3-4,6,8,11,13,15-16,21-25,27,29,34-37,39,42,71H2,1-2H3,(H2,76,78,79)/t47-,50-,51+,52-,53+,57+,58+,61-,63-,65+,66+,68+,69-,70+/m1/s1. The van der Waals surface area contributed by atoms with E-state index in [1.54, 1.807) is 24.5 Å². The van der Waals surface area contributed by atoms with Gasteiger partial charge >= 0.3 is 5.97 Å². The van der Waals surface area contributed by atoms with Crippen molar-refractivity contribution >= 4 is 22.8 Å². The molecular weight excluding hydrogens is 1120 g/mol. The molecule has 89 heavy (non-hydrogen) atoms. The van der Waals surface area contributed by atoms with Gasteiger partial charge in [-0.25, -0.2) is 0 Å². The summed E-state index contributed by atoms with van der Waals surface area (Å²) in [5.41, 5.74) is 8.92. The number of dihydropyridines is 1. The molecule has 0 unspecified atom stereocenters. The van der Waals surface area contributed by atoms with Crippen molar-refractivity contribution in [3.05, 3.63) is 120 Å². The summed E-state index contributed by atoms with van der Waals surface area (Å²) in [5.74, 6) is 14.9. The van der Waals surface area contributed by atoms with Gasteiger partial charge in [0.25, 0.3) is 0 Å². The number of aliphatic hydroxyl groups excluding tert-OH is 1. The number of carbonyl (C=O) groups excluding carboxylic acids is 1. The largest absolute Gasteiger partial charge is 0.504 e. The average Bonchev–Trinajstić information content (AvgIpc) is 1.56. The quantitative estimate of drug-likeness (QED) is 0.0285. The number of phenolic OH excluding ortho intramolecular Hbond substituents is 3. The average molecular weight is 1210 g/mol. The molecule has 5 aliphatic heterocycles. The van der Waals surface area contributed by atoms with Crippen molar-refractivity contribution < 1.29 is 44.2 Å². The van der Waals surface area contributed by atoms with Gasteiger partial charge < -0.3 is 75.9 Å². The maximum Gasteiger partial charge on any atom is 0.302 e. The fourth-order valence-electron chi connectivity index (χ4n) is 16.5. The monoisotopic (exact) mass is 1210 g/mol. The predicted octanol–water partition coefficient (Wildman–Crippen LogP) is 8.14. The summed E-state index contributed by atoms with van der Waals surface area (Å²) in [5, 5.41) is 67.8. The molecule has 2 saturated heterocycles. The van der Waals surface area contributed by atoms with Crippen LogP contribution < -0.4 is 41.8 Å². The second-order valence-electron chi connectivity index (χ2n) is 26.6. The molecule has 12 N–H and O–H groups in total. The van der Waals surface area contributed by atoms with Crippen molar-refractivity contribution in [2.24, 2.45) is 45.2 Å². The summed E-state index contributed by atoms with van der Waals surface area (Å²) in [6.45, 7) is 3.70. The summed E-state index contributed by atoms with van der Waals surface area (Å²) < 4.78 is 29.3. The Morgan fingerprint density at radius 3 is 2.69 bits per heavy atom. The van der Waals surface area contributed by atoms with Crippen molar-refractivity contribution in [1.29, 1.82) is 0 Å². The number of aromatic amines is 1. The van der Waals surface area contributed by atoms with Gasteiger partial charge in [0.1, 0.15) is 24.6 Å². The molecule has 3 aliphatic carbocycles. The smallest absolute Gasteiger partial charge is 0.302 e. The second-order valence-corrected chi connectivity index (χ2v) is 26.6. The van der Waals surface area contributed by atoms with Crippen molar-refractivity contribution in [2.45, 2.75) is 164 Å². The van der Waals surface area contributed by atoms with Gasteiger partial charge in [0.05, 0.1) is 47.5 Å². The molecule has 8 heterocycles. The van der Waals surface area contributed by atoms with Crippen LogP contribution in [0.5, 0.6) is 28.7 Å². The highest BCUT2D eigenvalue weighted by atomic mass is 16.6. The number of fused-ring (bicyclic) bond motifs is 6. The zero-order chi connectivity index (χ0) is 61.3. The Morgan fingerprint density at radius 1 is 0.989 bits per heavy atom. The molecule has 8 aliphatic rings. The Labute approximate surface area is 521 Å². The van der Waals surface area contributed by atoms with Crippen LogP contribution in [0.15, 0.2) is 108 Å². The van der Waals surface area contributed by atoms with Crippen molar-refractivity contribution in [2.75, 3.05) is 33.3 Å². The third-order valence-corrected chi connectivity index (χ3v) is 20.8. The number of esters is 1. The number of hydrogen-bond acceptors (Lipinski definition) is 15. The minimum absolute atomic E-state index is 0.00118. The number of pyridine rings is 1. The van der Waals surface area contributed by atoms with Gasteiger partial charge in [-0.1, -0.05) is 49.3 Å². The maximum absolute atomic E-state index is 13.5. The summed E-state index contributed by atoms with van der Waals surface area (Å²) in [6, 6.07) is 14.5. The molecule has 5 fully saturated rings. The number of hydrogen-bond donors (Lipinski definition) is 11. The van der Waals surface area contributed by atoms with E-state index in [1.165, 1.54) is 18.6 Å². The van der Waals surface area contributed by atoms with Crippen LogP contribution >= 0.6 is 0 Å². The number of guanidine groups is 1. The number of aliphatic imine (C=N–C) groups is 1. The molecule has 3 aromatic heterocycles. The fraction of sp³-hybridized carbons (Fsp3) is 0.529. The van der Waals surface area contributed by atoms with Gasteiger partial charge in [0.15, 0.2) is 29.0 Å². The molecule has 5 aromatic rings. The van der Waals surface area contributed by atoms with Crippen LogP contribution in [-0.2, 0) is 27.1 Å². The molecule has 2 aromatic carbocycles. The molecule has 1 spiro atoms. The number of H-pyrrole nitrogens is 1. The lowest BCUT2D eigenvalue weighted by Gasteiger charge is -2.57. The lowest BCUT2D eigenvalue weighted by atomic mass is 9.61. The number of nitrogens with zero attached hydrogens (tertiary/aromatic N) is 3. The normalized spacial score (nSPS) is 32.9. The number of aromatic hydroxyl groups is 3. The van der Waals surface area contributed by atoms with Crippen LogP contribution in [0.3, 0.4) is 0 Å². The second kappa shape index (κ2) is 25.6. The molecule has 13 rings (SSSR count). The molecule has 3 saturated carbocycles. The van der Waals surface area contributed by atoms with E-state index in [9.17, 15) is 25.2 Å². The SMILES string of the molecule is CNC[C@H]1CCC[C@]1(CN=C1N[C@@H](n2cc3cc[nH]c3c2)[C@@H]2[C@H](O)N[C@H]3CCCC[C@@H]3C#CC[C@]3([C@H]4C[C@@H](OC(C)=O)C[C@@H](c5cc(O)c(O)c(OCCc6cccnc6)c5)O4)CC#C[C@@H]4[C@H](CCC[C@@]24N1)Oc1cc(ccc1O)C3)CC1=CCNC(N)=C1. The van der Waals surface area contributed by atoms with Crippen LogP contribution in [0.25, 0.3) is 10.9 Å². The van der Waals surface area contributed by atoms with Gasteiger partial charge in [-0.2, -0.15) is 0 Å². The van der Waals surface area contributed by atoms with Gasteiger partial charge in [0.2, 0.25) is 5.75 Å². The van der Waals surface area contributed by atoms with E-state index >= 15 is 0 Å². The van der Waals surface area contributed by atoms with E-state index in [0.717, 1.165) is 86.4 Å². The molecule has 19 heteroatoms. The summed E-state index contributed by atoms with van der Waals surface area (Å²) in [7, 11) is 2.03. The number of rotatable bonds is 14. The Kier molecular flexibility index (Phi) is 17.3. The van der Waals surface area contributed by atoms with Crippen molar-refractivity contribution in [3.8, 4) is 52.4 Å². The van der Waals surface area contributed by atoms with Gasteiger partial charge in [-0.3, -0.25) is 20.1 Å². The number of benzene rings is 2. The lowest BCUT2D eigenvalue weighted by Crippen LogP contribution is -2.75. The van der Waals surface area contributed by atoms with E-state index in [2.05, 4.69) is 95.4 Å². The Bertz CT molecular complexity index is 3590. The van der Waals surface area contributed by atoms with E-state index in [1.807, 2.05) is 37.5 Å². The Hall–Kier alpha value is -7.81. The predicted molar refractivity (Wildman–Crippen MR) is 338 cm³/mol. The first-order valence-corrected chi connectivity index (χ1v) is 32.3. The lowest BCUT2D eigenvalue weighted by molar-refractivity contribution is -0.174. The van der Waals surface area contributed by atoms with Crippen molar-refractivity contribution in [1.82, 2.24) is 41.1 Å². The number of aliphatic hydroxyl groups is 1. The molecular formula is C70H86N10O9. The highest BCUT2D eigenvalue weighted by molar-refractivity contribution is 5.83. The summed E-state index contributed by atoms with van der Waals surface area (Å²) in [4.78, 5) is 26.5. The number of aromatic nitrogens is 3. The number of nitrogens with one attached hydrogen (secondary N) is 6. The topological polar surface area (TPSA) is 267 Å². The molecule has 14 atom stereocenters. The first kappa shape index (κ1) is 60.1. The number of phenols is 3. The zero-order valence-corrected chi connectivity index (χ0v) is 51.1. The minimum atomic E-state index is -1.07. The number of ether oxygens (including phenoxy) is 4.